The van der Waals surface area contributed by atoms with Crippen molar-refractivity contribution in [2.45, 2.75) is 32.7 Å². The van der Waals surface area contributed by atoms with Gasteiger partial charge in [-0.05, 0) is 42.9 Å². The molecule has 1 aromatic rings. The maximum Gasteiger partial charge on any atom is 0.270 e. The molecular formula is C14H19BrN2O2. The number of nitrogens with zero attached hydrogens (tertiary/aromatic N) is 1. The van der Waals surface area contributed by atoms with Gasteiger partial charge in [0.1, 0.15) is 0 Å². The molecule has 1 aliphatic carbocycles. The van der Waals surface area contributed by atoms with Crippen molar-refractivity contribution < 1.29 is 4.92 Å². The fourth-order valence-corrected chi connectivity index (χ4v) is 3.30. The van der Waals surface area contributed by atoms with Gasteiger partial charge in [0.2, 0.25) is 0 Å². The topological polar surface area (TPSA) is 55.2 Å². The average molecular weight is 327 g/mol. The predicted octanol–water partition coefficient (Wildman–Crippen LogP) is 3.88. The summed E-state index contributed by atoms with van der Waals surface area (Å²) < 4.78 is 0.757. The zero-order chi connectivity index (χ0) is 13.8. The molecule has 104 valence electrons. The molecule has 0 saturated heterocycles. The number of halogens is 1. The van der Waals surface area contributed by atoms with Gasteiger partial charge in [-0.2, -0.15) is 0 Å². The number of nitrogens with one attached hydrogen (secondary N) is 1. The molecule has 1 fully saturated rings. The lowest BCUT2D eigenvalue weighted by Crippen LogP contribution is -2.21. The highest BCUT2D eigenvalue weighted by Crippen LogP contribution is 2.29. The number of non-ortho nitro benzene ring substituents is 1. The molecule has 0 aliphatic heterocycles. The van der Waals surface area contributed by atoms with E-state index in [1.165, 1.54) is 25.3 Å². The summed E-state index contributed by atoms with van der Waals surface area (Å²) in [6.45, 7) is 3.99. The van der Waals surface area contributed by atoms with Crippen molar-refractivity contribution in [1.29, 1.82) is 0 Å². The number of nitro benzene ring substituents is 1. The van der Waals surface area contributed by atoms with Gasteiger partial charge in [-0.15, -0.1) is 0 Å². The van der Waals surface area contributed by atoms with Crippen LogP contribution in [0.3, 0.4) is 0 Å². The molecule has 2 atom stereocenters. The summed E-state index contributed by atoms with van der Waals surface area (Å²) in [5.74, 6) is 1.61. The van der Waals surface area contributed by atoms with E-state index in [1.54, 1.807) is 6.07 Å². The number of nitro groups is 1. The van der Waals surface area contributed by atoms with Crippen LogP contribution < -0.4 is 5.32 Å². The normalized spacial score (nSPS) is 22.6. The Balaban J connectivity index is 1.87. The standard InChI is InChI=1S/C14H19BrN2O2/c1-10-2-3-11(4-10)8-16-9-12-5-13(15)7-14(6-12)17(18)19/h5-7,10-11,16H,2-4,8-9H2,1H3. The smallest absolute Gasteiger partial charge is 0.270 e. The number of benzene rings is 1. The van der Waals surface area contributed by atoms with E-state index in [1.807, 2.05) is 6.07 Å². The van der Waals surface area contributed by atoms with Gasteiger partial charge in [0.05, 0.1) is 4.92 Å². The van der Waals surface area contributed by atoms with Gasteiger partial charge in [-0.1, -0.05) is 29.3 Å². The van der Waals surface area contributed by atoms with Crippen molar-refractivity contribution in [2.24, 2.45) is 11.8 Å². The maximum atomic E-state index is 10.8. The first-order valence-electron chi connectivity index (χ1n) is 6.69. The Morgan fingerprint density at radius 2 is 2.21 bits per heavy atom. The van der Waals surface area contributed by atoms with E-state index < -0.39 is 0 Å². The highest BCUT2D eigenvalue weighted by atomic mass is 79.9. The van der Waals surface area contributed by atoms with Gasteiger partial charge in [-0.25, -0.2) is 0 Å². The Bertz CT molecular complexity index is 465. The summed E-state index contributed by atoms with van der Waals surface area (Å²) in [5.41, 5.74) is 1.09. The van der Waals surface area contributed by atoms with Crippen LogP contribution >= 0.6 is 15.9 Å². The van der Waals surface area contributed by atoms with Crippen molar-refractivity contribution in [2.75, 3.05) is 6.54 Å². The largest absolute Gasteiger partial charge is 0.312 e. The third kappa shape index (κ3) is 4.28. The maximum absolute atomic E-state index is 10.8. The van der Waals surface area contributed by atoms with Crippen LogP contribution in [-0.4, -0.2) is 11.5 Å². The van der Waals surface area contributed by atoms with Crippen LogP contribution in [0.5, 0.6) is 0 Å². The molecule has 2 rings (SSSR count). The van der Waals surface area contributed by atoms with Crippen LogP contribution in [0.4, 0.5) is 5.69 Å². The molecule has 19 heavy (non-hydrogen) atoms. The zero-order valence-corrected chi connectivity index (χ0v) is 12.6. The van der Waals surface area contributed by atoms with E-state index in [-0.39, 0.29) is 10.6 Å². The summed E-state index contributed by atoms with van der Waals surface area (Å²) in [4.78, 5) is 10.4. The second-order valence-corrected chi connectivity index (χ2v) is 6.41. The van der Waals surface area contributed by atoms with E-state index in [0.29, 0.717) is 6.54 Å². The van der Waals surface area contributed by atoms with Crippen LogP contribution in [0.25, 0.3) is 0 Å². The monoisotopic (exact) mass is 326 g/mol. The molecule has 1 saturated carbocycles. The molecule has 0 heterocycles. The molecule has 0 radical (unpaired) electrons. The summed E-state index contributed by atoms with van der Waals surface area (Å²) in [7, 11) is 0. The molecule has 1 aromatic carbocycles. The molecule has 1 N–H and O–H groups in total. The fourth-order valence-electron chi connectivity index (χ4n) is 2.77. The first-order valence-corrected chi connectivity index (χ1v) is 7.48. The first-order chi connectivity index (χ1) is 9.04. The Labute approximate surface area is 121 Å². The van der Waals surface area contributed by atoms with Crippen LogP contribution in [-0.2, 0) is 6.54 Å². The quantitative estimate of drug-likeness (QED) is 0.659. The molecule has 5 heteroatoms. The minimum atomic E-state index is -0.354. The second-order valence-electron chi connectivity index (χ2n) is 5.49. The molecule has 4 nitrogen and oxygen atoms in total. The van der Waals surface area contributed by atoms with E-state index in [4.69, 9.17) is 0 Å². The Hall–Kier alpha value is -0.940. The van der Waals surface area contributed by atoms with Gasteiger partial charge >= 0.3 is 0 Å². The van der Waals surface area contributed by atoms with Crippen LogP contribution in [0.15, 0.2) is 22.7 Å². The van der Waals surface area contributed by atoms with Gasteiger partial charge in [0.25, 0.3) is 5.69 Å². The average Bonchev–Trinajstić information content (AvgIpc) is 2.74. The lowest BCUT2D eigenvalue weighted by molar-refractivity contribution is -0.385. The molecular weight excluding hydrogens is 308 g/mol. The second kappa shape index (κ2) is 6.48. The Morgan fingerprint density at radius 1 is 1.42 bits per heavy atom. The summed E-state index contributed by atoms with van der Waals surface area (Å²) in [6.07, 6.45) is 3.92. The van der Waals surface area contributed by atoms with Gasteiger partial charge in [0, 0.05) is 23.2 Å². The van der Waals surface area contributed by atoms with E-state index in [0.717, 1.165) is 28.4 Å². The fraction of sp³-hybridized carbons (Fsp3) is 0.571. The minimum Gasteiger partial charge on any atom is -0.312 e. The predicted molar refractivity (Wildman–Crippen MR) is 79.0 cm³/mol. The van der Waals surface area contributed by atoms with Crippen LogP contribution in [0.1, 0.15) is 31.7 Å². The SMILES string of the molecule is CC1CCC(CNCc2cc(Br)cc([N+](=O)[O-])c2)C1. The van der Waals surface area contributed by atoms with E-state index in [9.17, 15) is 10.1 Å². The molecule has 1 aliphatic rings. The third-order valence-electron chi connectivity index (χ3n) is 3.72. The molecule has 0 amide bonds. The van der Waals surface area contributed by atoms with E-state index in [2.05, 4.69) is 28.2 Å². The van der Waals surface area contributed by atoms with Crippen LogP contribution in [0, 0.1) is 22.0 Å². The minimum absolute atomic E-state index is 0.140. The molecule has 2 unspecified atom stereocenters. The third-order valence-corrected chi connectivity index (χ3v) is 4.18. The van der Waals surface area contributed by atoms with Crippen molar-refractivity contribution in [3.8, 4) is 0 Å². The number of hydrogen-bond donors (Lipinski definition) is 1. The van der Waals surface area contributed by atoms with Crippen molar-refractivity contribution in [3.63, 3.8) is 0 Å². The van der Waals surface area contributed by atoms with Gasteiger partial charge in [-0.3, -0.25) is 10.1 Å². The number of hydrogen-bond acceptors (Lipinski definition) is 3. The Morgan fingerprint density at radius 3 is 2.84 bits per heavy atom. The van der Waals surface area contributed by atoms with Crippen molar-refractivity contribution >= 4 is 21.6 Å². The van der Waals surface area contributed by atoms with Crippen LogP contribution in [0.2, 0.25) is 0 Å². The highest BCUT2D eigenvalue weighted by Gasteiger charge is 2.20. The summed E-state index contributed by atoms with van der Waals surface area (Å²) in [5, 5.41) is 14.2. The van der Waals surface area contributed by atoms with E-state index >= 15 is 0 Å². The van der Waals surface area contributed by atoms with Gasteiger partial charge in [0.15, 0.2) is 0 Å². The zero-order valence-electron chi connectivity index (χ0n) is 11.1. The summed E-state index contributed by atoms with van der Waals surface area (Å²) >= 11 is 3.32. The highest BCUT2D eigenvalue weighted by molar-refractivity contribution is 9.10. The lowest BCUT2D eigenvalue weighted by Gasteiger charge is -2.11. The summed E-state index contributed by atoms with van der Waals surface area (Å²) in [6, 6.07) is 5.09. The Kier molecular flexibility index (Phi) is 4.93. The lowest BCUT2D eigenvalue weighted by atomic mass is 10.1. The molecule has 0 bridgehead atoms. The van der Waals surface area contributed by atoms with Gasteiger partial charge < -0.3 is 5.32 Å². The first kappa shape index (κ1) is 14.5. The van der Waals surface area contributed by atoms with Crippen molar-refractivity contribution in [1.82, 2.24) is 5.32 Å². The molecule has 0 aromatic heterocycles. The van der Waals surface area contributed by atoms with Crippen molar-refractivity contribution in [3.05, 3.63) is 38.3 Å². The molecule has 0 spiro atoms. The number of rotatable bonds is 5.